The summed E-state index contributed by atoms with van der Waals surface area (Å²) in [4.78, 5) is 13.3. The number of Topliss-reactive ketones (excluding diaryl/α,β-unsaturated/α-hetero) is 1. The van der Waals surface area contributed by atoms with Crippen LogP contribution in [0.3, 0.4) is 0 Å². The molecule has 0 heterocycles. The third-order valence-electron chi connectivity index (χ3n) is 2.72. The van der Waals surface area contributed by atoms with E-state index in [2.05, 4.69) is 0 Å². The molecule has 0 saturated heterocycles. The molecule has 0 bridgehead atoms. The van der Waals surface area contributed by atoms with Crippen molar-refractivity contribution in [3.63, 3.8) is 0 Å². The Morgan fingerprint density at radius 3 is 2.39 bits per heavy atom. The molecule has 0 N–H and O–H groups in total. The third-order valence-corrected chi connectivity index (χ3v) is 3.83. The highest BCUT2D eigenvalue weighted by Gasteiger charge is 2.09. The Labute approximate surface area is 116 Å². The van der Waals surface area contributed by atoms with Gasteiger partial charge in [-0.2, -0.15) is 0 Å². The maximum atomic E-state index is 12.1. The van der Waals surface area contributed by atoms with Gasteiger partial charge in [0, 0.05) is 21.9 Å². The molecule has 0 atom stereocenters. The predicted octanol–water partition coefficient (Wildman–Crippen LogP) is 4.49. The molecule has 0 aromatic heterocycles. The fourth-order valence-corrected chi connectivity index (χ4v) is 2.30. The Bertz CT molecular complexity index is 549. The Morgan fingerprint density at radius 2 is 1.78 bits per heavy atom. The van der Waals surface area contributed by atoms with Crippen LogP contribution >= 0.6 is 23.4 Å². The molecule has 0 saturated carbocycles. The SMILES string of the molecule is CSc1ccc(C(=O)Cc2ccccc2Cl)cc1. The van der Waals surface area contributed by atoms with E-state index in [1.54, 1.807) is 17.8 Å². The van der Waals surface area contributed by atoms with Gasteiger partial charge in [-0.1, -0.05) is 41.9 Å². The van der Waals surface area contributed by atoms with E-state index >= 15 is 0 Å². The lowest BCUT2D eigenvalue weighted by Gasteiger charge is -2.04. The zero-order valence-electron chi connectivity index (χ0n) is 10.0. The molecule has 0 amide bonds. The van der Waals surface area contributed by atoms with Gasteiger partial charge in [-0.05, 0) is 30.0 Å². The largest absolute Gasteiger partial charge is 0.294 e. The first-order valence-corrected chi connectivity index (χ1v) is 7.21. The molecule has 3 heteroatoms. The van der Waals surface area contributed by atoms with E-state index in [-0.39, 0.29) is 5.78 Å². The molecule has 0 aliphatic carbocycles. The summed E-state index contributed by atoms with van der Waals surface area (Å²) in [6, 6.07) is 15.1. The topological polar surface area (TPSA) is 17.1 Å². The van der Waals surface area contributed by atoms with Gasteiger partial charge in [0.15, 0.2) is 5.78 Å². The number of benzene rings is 2. The summed E-state index contributed by atoms with van der Waals surface area (Å²) in [5, 5.41) is 0.645. The second-order valence-electron chi connectivity index (χ2n) is 3.92. The van der Waals surface area contributed by atoms with Crippen LogP contribution in [0.15, 0.2) is 53.4 Å². The molecule has 1 nitrogen and oxygen atoms in total. The Kier molecular flexibility index (Phi) is 4.45. The van der Waals surface area contributed by atoms with Crippen molar-refractivity contribution in [2.24, 2.45) is 0 Å². The lowest BCUT2D eigenvalue weighted by molar-refractivity contribution is 0.0993. The van der Waals surface area contributed by atoms with Crippen LogP contribution in [0.5, 0.6) is 0 Å². The average Bonchev–Trinajstić information content (AvgIpc) is 2.41. The molecular weight excluding hydrogens is 264 g/mol. The van der Waals surface area contributed by atoms with Crippen LogP contribution in [-0.2, 0) is 6.42 Å². The lowest BCUT2D eigenvalue weighted by atomic mass is 10.0. The van der Waals surface area contributed by atoms with Gasteiger partial charge in [0.1, 0.15) is 0 Å². The molecule has 92 valence electrons. The van der Waals surface area contributed by atoms with E-state index in [1.807, 2.05) is 48.7 Å². The Hall–Kier alpha value is -1.25. The van der Waals surface area contributed by atoms with Crippen LogP contribution < -0.4 is 0 Å². The summed E-state index contributed by atoms with van der Waals surface area (Å²) < 4.78 is 0. The summed E-state index contributed by atoms with van der Waals surface area (Å²) in [6.45, 7) is 0. The van der Waals surface area contributed by atoms with Gasteiger partial charge in [-0.15, -0.1) is 11.8 Å². The van der Waals surface area contributed by atoms with E-state index < -0.39 is 0 Å². The number of hydrogen-bond donors (Lipinski definition) is 0. The number of halogens is 1. The van der Waals surface area contributed by atoms with E-state index in [0.717, 1.165) is 16.0 Å². The first-order valence-electron chi connectivity index (χ1n) is 5.61. The predicted molar refractivity (Wildman–Crippen MR) is 77.7 cm³/mol. The standard InChI is InChI=1S/C15H13ClOS/c1-18-13-8-6-11(7-9-13)15(17)10-12-4-2-3-5-14(12)16/h2-9H,10H2,1H3. The fourth-order valence-electron chi connectivity index (χ4n) is 1.69. The quantitative estimate of drug-likeness (QED) is 0.605. The second kappa shape index (κ2) is 6.07. The number of ketones is 1. The van der Waals surface area contributed by atoms with Gasteiger partial charge in [-0.3, -0.25) is 4.79 Å². The number of hydrogen-bond acceptors (Lipinski definition) is 2. The first kappa shape index (κ1) is 13.2. The lowest BCUT2D eigenvalue weighted by Crippen LogP contribution is -2.03. The summed E-state index contributed by atoms with van der Waals surface area (Å²) in [5.74, 6) is 0.0933. The number of carbonyl (C=O) groups excluding carboxylic acids is 1. The maximum absolute atomic E-state index is 12.1. The molecule has 0 radical (unpaired) electrons. The number of rotatable bonds is 4. The molecule has 2 aromatic carbocycles. The second-order valence-corrected chi connectivity index (χ2v) is 5.21. The summed E-state index contributed by atoms with van der Waals surface area (Å²) in [7, 11) is 0. The van der Waals surface area contributed by atoms with Gasteiger partial charge in [0.2, 0.25) is 0 Å². The van der Waals surface area contributed by atoms with Crippen LogP contribution in [0.25, 0.3) is 0 Å². The van der Waals surface area contributed by atoms with Crippen molar-refractivity contribution in [2.75, 3.05) is 6.26 Å². The Balaban J connectivity index is 2.14. The van der Waals surface area contributed by atoms with Crippen molar-refractivity contribution in [1.82, 2.24) is 0 Å². The molecule has 0 aliphatic heterocycles. The molecule has 0 spiro atoms. The Morgan fingerprint density at radius 1 is 1.11 bits per heavy atom. The van der Waals surface area contributed by atoms with E-state index in [4.69, 9.17) is 11.6 Å². The smallest absolute Gasteiger partial charge is 0.167 e. The van der Waals surface area contributed by atoms with Crippen LogP contribution in [0.1, 0.15) is 15.9 Å². The zero-order valence-corrected chi connectivity index (χ0v) is 11.6. The molecular formula is C15H13ClOS. The molecule has 0 unspecified atom stereocenters. The van der Waals surface area contributed by atoms with Crippen LogP contribution in [0.4, 0.5) is 0 Å². The first-order chi connectivity index (χ1) is 8.70. The maximum Gasteiger partial charge on any atom is 0.167 e. The van der Waals surface area contributed by atoms with Crippen molar-refractivity contribution in [3.8, 4) is 0 Å². The molecule has 0 fully saturated rings. The van der Waals surface area contributed by atoms with Crippen molar-refractivity contribution in [2.45, 2.75) is 11.3 Å². The van der Waals surface area contributed by atoms with Gasteiger partial charge in [0.05, 0.1) is 0 Å². The van der Waals surface area contributed by atoms with Gasteiger partial charge in [-0.25, -0.2) is 0 Å². The highest BCUT2D eigenvalue weighted by atomic mass is 35.5. The van der Waals surface area contributed by atoms with Crippen LogP contribution in [0.2, 0.25) is 5.02 Å². The molecule has 2 aromatic rings. The monoisotopic (exact) mass is 276 g/mol. The molecule has 2 rings (SSSR count). The zero-order chi connectivity index (χ0) is 13.0. The minimum absolute atomic E-state index is 0.0933. The minimum Gasteiger partial charge on any atom is -0.294 e. The number of carbonyl (C=O) groups is 1. The summed E-state index contributed by atoms with van der Waals surface area (Å²) in [5.41, 5.74) is 1.60. The highest BCUT2D eigenvalue weighted by molar-refractivity contribution is 7.98. The third kappa shape index (κ3) is 3.15. The molecule has 18 heavy (non-hydrogen) atoms. The van der Waals surface area contributed by atoms with Crippen molar-refractivity contribution >= 4 is 29.1 Å². The van der Waals surface area contributed by atoms with E-state index in [9.17, 15) is 4.79 Å². The average molecular weight is 277 g/mol. The molecule has 0 aliphatic rings. The van der Waals surface area contributed by atoms with Crippen LogP contribution in [0, 0.1) is 0 Å². The summed E-state index contributed by atoms with van der Waals surface area (Å²) in [6.07, 6.45) is 2.36. The van der Waals surface area contributed by atoms with Gasteiger partial charge >= 0.3 is 0 Å². The highest BCUT2D eigenvalue weighted by Crippen LogP contribution is 2.19. The van der Waals surface area contributed by atoms with Crippen molar-refractivity contribution in [3.05, 3.63) is 64.7 Å². The van der Waals surface area contributed by atoms with E-state index in [0.29, 0.717) is 11.4 Å². The minimum atomic E-state index is 0.0933. The summed E-state index contributed by atoms with van der Waals surface area (Å²) >= 11 is 7.71. The van der Waals surface area contributed by atoms with E-state index in [1.165, 1.54) is 0 Å². The van der Waals surface area contributed by atoms with Gasteiger partial charge in [0.25, 0.3) is 0 Å². The van der Waals surface area contributed by atoms with Crippen LogP contribution in [-0.4, -0.2) is 12.0 Å². The fraction of sp³-hybridized carbons (Fsp3) is 0.133. The normalized spacial score (nSPS) is 10.3. The van der Waals surface area contributed by atoms with Crippen molar-refractivity contribution in [1.29, 1.82) is 0 Å². The van der Waals surface area contributed by atoms with Gasteiger partial charge < -0.3 is 0 Å². The van der Waals surface area contributed by atoms with Crippen molar-refractivity contribution < 1.29 is 4.79 Å². The number of thioether (sulfide) groups is 1.